The number of aromatic amines is 1. The van der Waals surface area contributed by atoms with Gasteiger partial charge in [0, 0.05) is 40.5 Å². The van der Waals surface area contributed by atoms with Crippen LogP contribution < -0.4 is 15.6 Å². The van der Waals surface area contributed by atoms with E-state index in [-0.39, 0.29) is 23.1 Å². The molecule has 0 aliphatic carbocycles. The number of H-pyrrole nitrogens is 1. The van der Waals surface area contributed by atoms with Crippen LogP contribution in [0.5, 0.6) is 5.75 Å². The van der Waals surface area contributed by atoms with E-state index in [4.69, 9.17) is 4.74 Å². The lowest BCUT2D eigenvalue weighted by Gasteiger charge is -2.44. The molecule has 1 aromatic carbocycles. The first-order chi connectivity index (χ1) is 15.2. The van der Waals surface area contributed by atoms with E-state index in [1.807, 2.05) is 23.6 Å². The molecular formula is C24H31N3O4S. The molecule has 1 aliphatic rings. The largest absolute Gasteiger partial charge is 0.496 e. The zero-order chi connectivity index (χ0) is 23.0. The summed E-state index contributed by atoms with van der Waals surface area (Å²) in [5, 5.41) is 17.2. The number of hydrogen-bond acceptors (Lipinski definition) is 5. The first kappa shape index (κ1) is 22.6. The highest BCUT2D eigenvalue weighted by Gasteiger charge is 2.38. The minimum atomic E-state index is -0.836. The van der Waals surface area contributed by atoms with Gasteiger partial charge in [-0.3, -0.25) is 4.79 Å². The van der Waals surface area contributed by atoms with Gasteiger partial charge in [-0.05, 0) is 54.8 Å². The van der Waals surface area contributed by atoms with E-state index < -0.39 is 6.09 Å². The maximum Gasteiger partial charge on any atom is 0.407 e. The molecular weight excluding hydrogens is 426 g/mol. The number of nitrogens with zero attached hydrogens (tertiary/aromatic N) is 1. The highest BCUT2D eigenvalue weighted by Crippen LogP contribution is 2.34. The van der Waals surface area contributed by atoms with Crippen LogP contribution in [0.3, 0.4) is 0 Å². The Balaban J connectivity index is 1.55. The fourth-order valence-electron chi connectivity index (χ4n) is 4.94. The second-order valence-electron chi connectivity index (χ2n) is 9.57. The van der Waals surface area contributed by atoms with Crippen LogP contribution in [-0.2, 0) is 6.42 Å². The summed E-state index contributed by atoms with van der Waals surface area (Å²) in [7, 11) is 1.67. The number of likely N-dealkylation sites (tertiary alicyclic amines) is 1. The predicted molar refractivity (Wildman–Crippen MR) is 129 cm³/mol. The highest BCUT2D eigenvalue weighted by molar-refractivity contribution is 7.17. The number of rotatable bonds is 5. The van der Waals surface area contributed by atoms with E-state index >= 15 is 0 Å². The third kappa shape index (κ3) is 4.21. The number of benzene rings is 1. The van der Waals surface area contributed by atoms with Gasteiger partial charge in [0.1, 0.15) is 10.4 Å². The molecule has 2 unspecified atom stereocenters. The molecule has 0 spiro atoms. The van der Waals surface area contributed by atoms with Crippen LogP contribution in [0.15, 0.2) is 28.4 Å². The maximum absolute atomic E-state index is 12.4. The molecule has 4 rings (SSSR count). The van der Waals surface area contributed by atoms with Crippen LogP contribution in [0.4, 0.5) is 4.79 Å². The fraction of sp³-hybridized carbons (Fsp3) is 0.500. The normalized spacial score (nSPS) is 19.6. The van der Waals surface area contributed by atoms with Crippen molar-refractivity contribution in [3.05, 3.63) is 39.5 Å². The summed E-state index contributed by atoms with van der Waals surface area (Å²) in [6, 6.07) is 6.06. The smallest absolute Gasteiger partial charge is 0.407 e. The van der Waals surface area contributed by atoms with E-state index in [9.17, 15) is 14.7 Å². The summed E-state index contributed by atoms with van der Waals surface area (Å²) in [5.41, 5.74) is 1.72. The van der Waals surface area contributed by atoms with Gasteiger partial charge in [-0.25, -0.2) is 4.79 Å². The number of thiophene rings is 1. The Hall–Kier alpha value is -2.58. The molecule has 7 nitrogen and oxygen atoms in total. The van der Waals surface area contributed by atoms with Gasteiger partial charge in [-0.1, -0.05) is 20.8 Å². The first-order valence-corrected chi connectivity index (χ1v) is 11.9. The van der Waals surface area contributed by atoms with Crippen LogP contribution in [0.25, 0.3) is 21.0 Å². The van der Waals surface area contributed by atoms with Gasteiger partial charge in [-0.15, -0.1) is 11.3 Å². The molecule has 2 atom stereocenters. The lowest BCUT2D eigenvalue weighted by Crippen LogP contribution is -2.55. The van der Waals surface area contributed by atoms with Crippen molar-refractivity contribution in [2.45, 2.75) is 52.1 Å². The van der Waals surface area contributed by atoms with Crippen molar-refractivity contribution in [2.24, 2.45) is 5.41 Å². The van der Waals surface area contributed by atoms with Crippen molar-refractivity contribution in [1.82, 2.24) is 15.2 Å². The summed E-state index contributed by atoms with van der Waals surface area (Å²) in [4.78, 5) is 28.7. The topological polar surface area (TPSA) is 94.7 Å². The number of ether oxygens (including phenoxy) is 1. The van der Waals surface area contributed by atoms with E-state index in [1.165, 1.54) is 11.3 Å². The molecule has 0 radical (unpaired) electrons. The lowest BCUT2D eigenvalue weighted by molar-refractivity contribution is 0.0485. The highest BCUT2D eigenvalue weighted by atomic mass is 32.1. The summed E-state index contributed by atoms with van der Waals surface area (Å²) in [5.74, 6) is 0.812. The van der Waals surface area contributed by atoms with E-state index in [0.29, 0.717) is 6.54 Å². The van der Waals surface area contributed by atoms with Crippen LogP contribution >= 0.6 is 11.3 Å². The third-order valence-electron chi connectivity index (χ3n) is 6.53. The fourth-order valence-corrected chi connectivity index (χ4v) is 5.74. The Morgan fingerprint density at radius 3 is 2.81 bits per heavy atom. The van der Waals surface area contributed by atoms with Crippen molar-refractivity contribution in [3.8, 4) is 5.75 Å². The van der Waals surface area contributed by atoms with Crippen LogP contribution in [-0.4, -0.2) is 53.4 Å². The van der Waals surface area contributed by atoms with Gasteiger partial charge < -0.3 is 25.0 Å². The average molecular weight is 458 g/mol. The zero-order valence-electron chi connectivity index (χ0n) is 19.0. The summed E-state index contributed by atoms with van der Waals surface area (Å²) < 4.78 is 6.40. The Labute approximate surface area is 191 Å². The Bertz CT molecular complexity index is 1190. The van der Waals surface area contributed by atoms with Gasteiger partial charge >= 0.3 is 6.09 Å². The van der Waals surface area contributed by atoms with E-state index in [0.717, 1.165) is 58.1 Å². The Morgan fingerprint density at radius 2 is 2.12 bits per heavy atom. The van der Waals surface area contributed by atoms with E-state index in [2.05, 4.69) is 31.1 Å². The third-order valence-corrected chi connectivity index (χ3v) is 7.45. The van der Waals surface area contributed by atoms with Gasteiger partial charge in [0.2, 0.25) is 0 Å². The maximum atomic E-state index is 12.4. The zero-order valence-corrected chi connectivity index (χ0v) is 19.8. The first-order valence-electron chi connectivity index (χ1n) is 11.0. The second kappa shape index (κ2) is 8.75. The number of fused-ring (bicyclic) bond motifs is 3. The molecule has 1 fully saturated rings. The molecule has 3 heterocycles. The van der Waals surface area contributed by atoms with Crippen molar-refractivity contribution in [1.29, 1.82) is 0 Å². The molecule has 0 saturated carbocycles. The molecule has 3 N–H and O–H groups in total. The molecule has 0 bridgehead atoms. The van der Waals surface area contributed by atoms with Crippen molar-refractivity contribution in [2.75, 3.05) is 20.2 Å². The average Bonchev–Trinajstić information content (AvgIpc) is 3.23. The van der Waals surface area contributed by atoms with Crippen molar-refractivity contribution < 1.29 is 14.6 Å². The number of carbonyl (C=O) groups is 1. The van der Waals surface area contributed by atoms with Crippen LogP contribution in [0.2, 0.25) is 0 Å². The van der Waals surface area contributed by atoms with Gasteiger partial charge in [0.25, 0.3) is 5.56 Å². The summed E-state index contributed by atoms with van der Waals surface area (Å²) >= 11 is 1.45. The van der Waals surface area contributed by atoms with Gasteiger partial charge in [-0.2, -0.15) is 0 Å². The molecule has 2 aromatic heterocycles. The standard InChI is InChI=1S/C24H31N3O4S/c1-24(2,3)19-13-14(8-11-27(19)23(29)30)25-10-7-15-18(31-4)6-5-17-20(15)16-9-12-32-21(16)22(28)26-17/h5-6,9,12,14,19,25H,7-8,10-11,13H2,1-4H3,(H,26,28)(H,29,30). The number of pyridine rings is 1. The molecule has 1 saturated heterocycles. The second-order valence-corrected chi connectivity index (χ2v) is 10.5. The summed E-state index contributed by atoms with van der Waals surface area (Å²) in [6.45, 7) is 7.59. The van der Waals surface area contributed by atoms with Crippen LogP contribution in [0, 0.1) is 5.41 Å². The molecule has 1 amide bonds. The Morgan fingerprint density at radius 1 is 1.34 bits per heavy atom. The molecule has 172 valence electrons. The van der Waals surface area contributed by atoms with Crippen molar-refractivity contribution >= 4 is 38.4 Å². The molecule has 32 heavy (non-hydrogen) atoms. The number of aromatic nitrogens is 1. The number of carboxylic acid groups (broad SMARTS) is 1. The number of amides is 1. The number of nitrogens with one attached hydrogen (secondary N) is 2. The number of methoxy groups -OCH3 is 1. The van der Waals surface area contributed by atoms with Crippen LogP contribution in [0.1, 0.15) is 39.2 Å². The molecule has 8 heteroatoms. The minimum absolute atomic E-state index is 0.0196. The van der Waals surface area contributed by atoms with E-state index in [1.54, 1.807) is 12.0 Å². The quantitative estimate of drug-likeness (QED) is 0.527. The SMILES string of the molecule is COc1ccc2[nH]c(=O)c3sccc3c2c1CCNC1CCN(C(=O)O)C(C(C)(C)C)C1. The summed E-state index contributed by atoms with van der Waals surface area (Å²) in [6.07, 6.45) is 1.51. The predicted octanol–water partition coefficient (Wildman–Crippen LogP) is 4.44. The van der Waals surface area contributed by atoms with Gasteiger partial charge in [0.15, 0.2) is 0 Å². The number of hydrogen-bond donors (Lipinski definition) is 3. The monoisotopic (exact) mass is 457 g/mol. The molecule has 1 aliphatic heterocycles. The minimum Gasteiger partial charge on any atom is -0.496 e. The van der Waals surface area contributed by atoms with Crippen molar-refractivity contribution in [3.63, 3.8) is 0 Å². The number of piperidine rings is 1. The lowest BCUT2D eigenvalue weighted by atomic mass is 9.79. The molecule has 3 aromatic rings. The Kier molecular flexibility index (Phi) is 6.18. The van der Waals surface area contributed by atoms with Gasteiger partial charge in [0.05, 0.1) is 7.11 Å².